The molecule has 2 heterocycles. The zero-order valence-electron chi connectivity index (χ0n) is 16.5. The summed E-state index contributed by atoms with van der Waals surface area (Å²) in [6.45, 7) is 5.52. The van der Waals surface area contributed by atoms with Gasteiger partial charge in [-0.05, 0) is 39.1 Å². The Bertz CT molecular complexity index is 946. The molecule has 3 aromatic rings. The van der Waals surface area contributed by atoms with Crippen LogP contribution < -0.4 is 0 Å². The van der Waals surface area contributed by atoms with Crippen molar-refractivity contribution in [3.05, 3.63) is 71.9 Å². The molecule has 5 heteroatoms. The number of likely N-dealkylation sites (N-methyl/N-ethyl adjacent to an activating group) is 1. The number of amides is 1. The first-order valence-electron chi connectivity index (χ1n) is 9.82. The van der Waals surface area contributed by atoms with Crippen LogP contribution in [0.4, 0.5) is 0 Å². The number of aromatic nitrogens is 2. The van der Waals surface area contributed by atoms with E-state index in [2.05, 4.69) is 31.0 Å². The quantitative estimate of drug-likeness (QED) is 0.703. The van der Waals surface area contributed by atoms with E-state index in [4.69, 9.17) is 5.10 Å². The van der Waals surface area contributed by atoms with Crippen molar-refractivity contribution in [3.8, 4) is 16.9 Å². The zero-order valence-corrected chi connectivity index (χ0v) is 16.5. The molecule has 1 fully saturated rings. The average molecular weight is 374 g/mol. The molecule has 0 bridgehead atoms. The number of carbonyl (C=O) groups is 1. The maximum absolute atomic E-state index is 13.4. The molecule has 1 aliphatic rings. The van der Waals surface area contributed by atoms with E-state index in [1.54, 1.807) is 0 Å². The van der Waals surface area contributed by atoms with E-state index < -0.39 is 0 Å². The third-order valence-corrected chi connectivity index (χ3v) is 5.30. The summed E-state index contributed by atoms with van der Waals surface area (Å²) in [7, 11) is 2.11. The topological polar surface area (TPSA) is 41.4 Å². The van der Waals surface area contributed by atoms with E-state index in [0.29, 0.717) is 5.56 Å². The maximum Gasteiger partial charge on any atom is 0.257 e. The smallest absolute Gasteiger partial charge is 0.257 e. The summed E-state index contributed by atoms with van der Waals surface area (Å²) < 4.78 is 1.82. The fourth-order valence-electron chi connectivity index (χ4n) is 3.59. The van der Waals surface area contributed by atoms with E-state index in [9.17, 15) is 4.79 Å². The van der Waals surface area contributed by atoms with Gasteiger partial charge in [-0.1, -0.05) is 48.0 Å². The lowest BCUT2D eigenvalue weighted by Gasteiger charge is -2.20. The van der Waals surface area contributed by atoms with Gasteiger partial charge in [0.25, 0.3) is 5.91 Å². The second-order valence-electron chi connectivity index (χ2n) is 7.49. The summed E-state index contributed by atoms with van der Waals surface area (Å²) in [5, 5.41) is 4.79. The van der Waals surface area contributed by atoms with Crippen molar-refractivity contribution in [1.82, 2.24) is 19.6 Å². The molecule has 0 saturated carbocycles. The summed E-state index contributed by atoms with van der Waals surface area (Å²) in [6.07, 6.45) is 2.87. The molecule has 1 aliphatic heterocycles. The van der Waals surface area contributed by atoms with Crippen molar-refractivity contribution in [2.75, 3.05) is 33.2 Å². The second-order valence-corrected chi connectivity index (χ2v) is 7.49. The molecule has 4 rings (SSSR count). The van der Waals surface area contributed by atoms with Crippen molar-refractivity contribution in [3.63, 3.8) is 0 Å². The Kier molecular flexibility index (Phi) is 5.26. The molecule has 0 spiro atoms. The molecular formula is C23H26N4O. The molecule has 0 radical (unpaired) electrons. The van der Waals surface area contributed by atoms with Crippen LogP contribution in [0.1, 0.15) is 22.3 Å². The number of benzene rings is 2. The third-order valence-electron chi connectivity index (χ3n) is 5.30. The Morgan fingerprint density at radius 1 is 0.929 bits per heavy atom. The Labute approximate surface area is 166 Å². The number of nitrogens with zero attached hydrogens (tertiary/aromatic N) is 4. The van der Waals surface area contributed by atoms with Gasteiger partial charge in [-0.25, -0.2) is 4.68 Å². The molecule has 2 aromatic carbocycles. The van der Waals surface area contributed by atoms with E-state index in [1.165, 1.54) is 5.56 Å². The number of aryl methyl sites for hydroxylation is 1. The summed E-state index contributed by atoms with van der Waals surface area (Å²) in [5.74, 6) is 0.0625. The first kappa shape index (κ1) is 18.4. The van der Waals surface area contributed by atoms with Gasteiger partial charge in [0.15, 0.2) is 0 Å². The van der Waals surface area contributed by atoms with Crippen molar-refractivity contribution in [2.24, 2.45) is 0 Å². The molecule has 144 valence electrons. The number of hydrogen-bond acceptors (Lipinski definition) is 3. The summed E-state index contributed by atoms with van der Waals surface area (Å²) in [5.41, 5.74) is 4.52. The molecule has 1 saturated heterocycles. The highest BCUT2D eigenvalue weighted by molar-refractivity contribution is 6.00. The van der Waals surface area contributed by atoms with Crippen LogP contribution in [0.3, 0.4) is 0 Å². The fourth-order valence-corrected chi connectivity index (χ4v) is 3.59. The molecule has 5 nitrogen and oxygen atoms in total. The van der Waals surface area contributed by atoms with E-state index in [0.717, 1.165) is 49.5 Å². The summed E-state index contributed by atoms with van der Waals surface area (Å²) >= 11 is 0. The molecular weight excluding hydrogens is 348 g/mol. The van der Waals surface area contributed by atoms with Gasteiger partial charge < -0.3 is 9.80 Å². The van der Waals surface area contributed by atoms with E-state index in [-0.39, 0.29) is 5.91 Å². The van der Waals surface area contributed by atoms with Gasteiger partial charge in [-0.3, -0.25) is 4.79 Å². The SMILES string of the molecule is Cc1ccc(-n2cc(C(=O)N3CCCN(C)CC3)c(-c3ccccc3)n2)cc1. The van der Waals surface area contributed by atoms with Gasteiger partial charge in [-0.2, -0.15) is 5.10 Å². The predicted octanol–water partition coefficient (Wildman–Crippen LogP) is 3.63. The van der Waals surface area contributed by atoms with Gasteiger partial charge in [0, 0.05) is 31.4 Å². The van der Waals surface area contributed by atoms with Crippen LogP contribution in [0.5, 0.6) is 0 Å². The molecule has 0 N–H and O–H groups in total. The van der Waals surface area contributed by atoms with Crippen molar-refractivity contribution >= 4 is 5.91 Å². The van der Waals surface area contributed by atoms with Crippen LogP contribution >= 0.6 is 0 Å². The highest BCUT2D eigenvalue weighted by atomic mass is 16.2. The van der Waals surface area contributed by atoms with Gasteiger partial charge in [-0.15, -0.1) is 0 Å². The number of rotatable bonds is 3. The maximum atomic E-state index is 13.4. The Hall–Kier alpha value is -2.92. The van der Waals surface area contributed by atoms with Crippen LogP contribution in [0, 0.1) is 6.92 Å². The van der Waals surface area contributed by atoms with E-state index >= 15 is 0 Å². The van der Waals surface area contributed by atoms with Crippen LogP contribution in [0.15, 0.2) is 60.8 Å². The average Bonchev–Trinajstić information content (AvgIpc) is 3.05. The Morgan fingerprint density at radius 2 is 1.68 bits per heavy atom. The Morgan fingerprint density at radius 3 is 2.43 bits per heavy atom. The van der Waals surface area contributed by atoms with Crippen LogP contribution in [-0.2, 0) is 0 Å². The second kappa shape index (κ2) is 7.98. The largest absolute Gasteiger partial charge is 0.337 e. The predicted molar refractivity (Wildman–Crippen MR) is 112 cm³/mol. The molecule has 0 atom stereocenters. The number of carbonyl (C=O) groups excluding carboxylic acids is 1. The number of hydrogen-bond donors (Lipinski definition) is 0. The molecule has 1 aromatic heterocycles. The van der Waals surface area contributed by atoms with Gasteiger partial charge >= 0.3 is 0 Å². The monoisotopic (exact) mass is 374 g/mol. The molecule has 1 amide bonds. The Balaban J connectivity index is 1.74. The minimum atomic E-state index is 0.0625. The fraction of sp³-hybridized carbons (Fsp3) is 0.304. The summed E-state index contributed by atoms with van der Waals surface area (Å²) in [4.78, 5) is 17.6. The van der Waals surface area contributed by atoms with Crippen LogP contribution in [0.25, 0.3) is 16.9 Å². The summed E-state index contributed by atoms with van der Waals surface area (Å²) in [6, 6.07) is 18.1. The highest BCUT2D eigenvalue weighted by Gasteiger charge is 2.24. The molecule has 0 unspecified atom stereocenters. The van der Waals surface area contributed by atoms with E-state index in [1.807, 2.05) is 58.2 Å². The van der Waals surface area contributed by atoms with Gasteiger partial charge in [0.1, 0.15) is 5.69 Å². The lowest BCUT2D eigenvalue weighted by atomic mass is 10.1. The molecule has 0 aliphatic carbocycles. The first-order valence-corrected chi connectivity index (χ1v) is 9.82. The van der Waals surface area contributed by atoms with Crippen molar-refractivity contribution < 1.29 is 4.79 Å². The molecule has 28 heavy (non-hydrogen) atoms. The van der Waals surface area contributed by atoms with Gasteiger partial charge in [0.2, 0.25) is 0 Å². The lowest BCUT2D eigenvalue weighted by Crippen LogP contribution is -2.34. The van der Waals surface area contributed by atoms with Crippen LogP contribution in [-0.4, -0.2) is 58.7 Å². The third kappa shape index (κ3) is 3.85. The zero-order chi connectivity index (χ0) is 19.5. The van der Waals surface area contributed by atoms with Crippen molar-refractivity contribution in [1.29, 1.82) is 0 Å². The normalized spacial score (nSPS) is 15.4. The minimum Gasteiger partial charge on any atom is -0.337 e. The highest BCUT2D eigenvalue weighted by Crippen LogP contribution is 2.25. The minimum absolute atomic E-state index is 0.0625. The standard InChI is InChI=1S/C23H26N4O/c1-18-9-11-20(12-10-18)27-17-21(22(24-27)19-7-4-3-5-8-19)23(28)26-14-6-13-25(2)15-16-26/h3-5,7-12,17H,6,13-16H2,1-2H3. The first-order chi connectivity index (χ1) is 13.6. The van der Waals surface area contributed by atoms with Crippen molar-refractivity contribution in [2.45, 2.75) is 13.3 Å². The van der Waals surface area contributed by atoms with Gasteiger partial charge in [0.05, 0.1) is 11.3 Å². The van der Waals surface area contributed by atoms with Crippen LogP contribution in [0.2, 0.25) is 0 Å². The lowest BCUT2D eigenvalue weighted by molar-refractivity contribution is 0.0763.